The minimum atomic E-state index is -0.483. The van der Waals surface area contributed by atoms with E-state index in [4.69, 9.17) is 5.73 Å². The lowest BCUT2D eigenvalue weighted by Crippen LogP contribution is -2.40. The second kappa shape index (κ2) is 5.02. The first-order chi connectivity index (χ1) is 6.65. The van der Waals surface area contributed by atoms with Gasteiger partial charge in [-0.2, -0.15) is 0 Å². The average molecular weight is 214 g/mol. The smallest absolute Gasteiger partial charge is 0.243 e. The molecule has 1 amide bonds. The highest BCUT2D eigenvalue weighted by Gasteiger charge is 2.19. The fraction of sp³-hybridized carbons (Fsp3) is 0.625. The van der Waals surface area contributed by atoms with Crippen molar-refractivity contribution in [3.8, 4) is 0 Å². The molecule has 14 heavy (non-hydrogen) atoms. The molecule has 0 aliphatic rings. The quantitative estimate of drug-likeness (QED) is 0.778. The fourth-order valence-electron chi connectivity index (χ4n) is 0.929. The van der Waals surface area contributed by atoms with Crippen molar-refractivity contribution >= 4 is 22.4 Å². The second-order valence-corrected chi connectivity index (χ2v) is 3.98. The van der Waals surface area contributed by atoms with E-state index in [0.717, 1.165) is 6.42 Å². The zero-order valence-corrected chi connectivity index (χ0v) is 9.04. The van der Waals surface area contributed by atoms with Crippen molar-refractivity contribution in [3.05, 3.63) is 5.51 Å². The van der Waals surface area contributed by atoms with Gasteiger partial charge < -0.3 is 5.73 Å². The number of aromatic nitrogens is 2. The third kappa shape index (κ3) is 2.74. The van der Waals surface area contributed by atoms with Crippen LogP contribution in [-0.2, 0) is 4.79 Å². The third-order valence-electron chi connectivity index (χ3n) is 2.15. The molecule has 6 heteroatoms. The summed E-state index contributed by atoms with van der Waals surface area (Å²) in [5.74, 6) is -0.0287. The monoisotopic (exact) mass is 214 g/mol. The summed E-state index contributed by atoms with van der Waals surface area (Å²) in [6.45, 7) is 3.95. The molecule has 0 bridgehead atoms. The van der Waals surface area contributed by atoms with Crippen LogP contribution in [0.1, 0.15) is 20.3 Å². The Balaban J connectivity index is 2.50. The Morgan fingerprint density at radius 2 is 2.50 bits per heavy atom. The van der Waals surface area contributed by atoms with Crippen LogP contribution in [0.4, 0.5) is 5.13 Å². The van der Waals surface area contributed by atoms with Crippen molar-refractivity contribution in [2.75, 3.05) is 5.32 Å². The lowest BCUT2D eigenvalue weighted by atomic mass is 10.00. The maximum atomic E-state index is 11.5. The standard InChI is InChI=1S/C8H14N4OS/c1-3-5(2)6(9)7(13)11-8-12-10-4-14-8/h4-6H,3,9H2,1-2H3,(H,11,12,13)/t5?,6-/m0/s1. The molecule has 1 heterocycles. The van der Waals surface area contributed by atoms with Crippen LogP contribution in [0.15, 0.2) is 5.51 Å². The molecule has 1 aromatic heterocycles. The Bertz CT molecular complexity index is 288. The zero-order valence-electron chi connectivity index (χ0n) is 8.23. The zero-order chi connectivity index (χ0) is 10.6. The SMILES string of the molecule is CCC(C)[C@H](N)C(=O)Nc1nncs1. The van der Waals surface area contributed by atoms with Gasteiger partial charge in [-0.05, 0) is 5.92 Å². The van der Waals surface area contributed by atoms with Gasteiger partial charge >= 0.3 is 0 Å². The highest BCUT2D eigenvalue weighted by atomic mass is 32.1. The van der Waals surface area contributed by atoms with Crippen LogP contribution in [0, 0.1) is 5.92 Å². The molecule has 0 fully saturated rings. The van der Waals surface area contributed by atoms with E-state index in [0.29, 0.717) is 5.13 Å². The molecule has 2 atom stereocenters. The third-order valence-corrected chi connectivity index (χ3v) is 2.76. The van der Waals surface area contributed by atoms with E-state index < -0.39 is 6.04 Å². The summed E-state index contributed by atoms with van der Waals surface area (Å²) in [6.07, 6.45) is 0.880. The lowest BCUT2D eigenvalue weighted by molar-refractivity contribution is -0.118. The number of rotatable bonds is 4. The van der Waals surface area contributed by atoms with Gasteiger partial charge in [0.1, 0.15) is 5.51 Å². The van der Waals surface area contributed by atoms with Gasteiger partial charge in [-0.15, -0.1) is 10.2 Å². The van der Waals surface area contributed by atoms with E-state index in [1.54, 1.807) is 5.51 Å². The summed E-state index contributed by atoms with van der Waals surface area (Å²) in [5, 5.41) is 10.4. The number of carbonyl (C=O) groups is 1. The molecule has 0 radical (unpaired) electrons. The van der Waals surface area contributed by atoms with Gasteiger partial charge in [0.25, 0.3) is 0 Å². The van der Waals surface area contributed by atoms with Gasteiger partial charge in [0.15, 0.2) is 0 Å². The number of nitrogens with one attached hydrogen (secondary N) is 1. The highest BCUT2D eigenvalue weighted by Crippen LogP contribution is 2.11. The molecule has 0 saturated heterocycles. The van der Waals surface area contributed by atoms with Crippen LogP contribution in [0.5, 0.6) is 0 Å². The molecule has 0 aliphatic heterocycles. The summed E-state index contributed by atoms with van der Waals surface area (Å²) >= 11 is 1.28. The first kappa shape index (κ1) is 11.1. The van der Waals surface area contributed by atoms with Crippen LogP contribution in [0.2, 0.25) is 0 Å². The van der Waals surface area contributed by atoms with Gasteiger partial charge in [0.2, 0.25) is 11.0 Å². The van der Waals surface area contributed by atoms with E-state index in [-0.39, 0.29) is 11.8 Å². The van der Waals surface area contributed by atoms with Crippen LogP contribution >= 0.6 is 11.3 Å². The molecular weight excluding hydrogens is 200 g/mol. The Morgan fingerprint density at radius 1 is 1.79 bits per heavy atom. The molecular formula is C8H14N4OS. The molecule has 0 aliphatic carbocycles. The van der Waals surface area contributed by atoms with E-state index in [1.165, 1.54) is 11.3 Å². The van der Waals surface area contributed by atoms with Crippen LogP contribution in [-0.4, -0.2) is 22.1 Å². The lowest BCUT2D eigenvalue weighted by Gasteiger charge is -2.16. The first-order valence-corrected chi connectivity index (χ1v) is 5.35. The van der Waals surface area contributed by atoms with Crippen LogP contribution in [0.3, 0.4) is 0 Å². The molecule has 78 valence electrons. The molecule has 0 saturated carbocycles. The highest BCUT2D eigenvalue weighted by molar-refractivity contribution is 7.13. The predicted octanol–water partition coefficient (Wildman–Crippen LogP) is 0.850. The Labute approximate surface area is 86.7 Å². The van der Waals surface area contributed by atoms with Crippen LogP contribution in [0.25, 0.3) is 0 Å². The molecule has 1 aromatic rings. The number of nitrogens with two attached hydrogens (primary N) is 1. The van der Waals surface area contributed by atoms with E-state index >= 15 is 0 Å². The summed E-state index contributed by atoms with van der Waals surface area (Å²) in [5.41, 5.74) is 7.29. The van der Waals surface area contributed by atoms with Crippen molar-refractivity contribution in [1.82, 2.24) is 10.2 Å². The number of amides is 1. The molecule has 5 nitrogen and oxygen atoms in total. The largest absolute Gasteiger partial charge is 0.320 e. The molecule has 0 spiro atoms. The van der Waals surface area contributed by atoms with E-state index in [1.807, 2.05) is 13.8 Å². The van der Waals surface area contributed by atoms with Crippen molar-refractivity contribution < 1.29 is 4.79 Å². The first-order valence-electron chi connectivity index (χ1n) is 4.47. The maximum Gasteiger partial charge on any atom is 0.243 e. The number of carbonyl (C=O) groups excluding carboxylic acids is 1. The molecule has 1 unspecified atom stereocenters. The topological polar surface area (TPSA) is 80.9 Å². The number of hydrogen-bond acceptors (Lipinski definition) is 5. The van der Waals surface area contributed by atoms with Crippen LogP contribution < -0.4 is 11.1 Å². The summed E-state index contributed by atoms with van der Waals surface area (Å²) in [4.78, 5) is 11.5. The average Bonchev–Trinajstić information content (AvgIpc) is 2.68. The Hall–Kier alpha value is -1.01. The minimum absolute atomic E-state index is 0.169. The number of anilines is 1. The maximum absolute atomic E-state index is 11.5. The van der Waals surface area contributed by atoms with Gasteiger partial charge in [-0.1, -0.05) is 31.6 Å². The van der Waals surface area contributed by atoms with Crippen molar-refractivity contribution in [3.63, 3.8) is 0 Å². The number of nitrogens with zero attached hydrogens (tertiary/aromatic N) is 2. The summed E-state index contributed by atoms with van der Waals surface area (Å²) in [7, 11) is 0. The molecule has 3 N–H and O–H groups in total. The van der Waals surface area contributed by atoms with Crippen molar-refractivity contribution in [2.45, 2.75) is 26.3 Å². The molecule has 0 aromatic carbocycles. The van der Waals surface area contributed by atoms with Gasteiger partial charge in [0.05, 0.1) is 6.04 Å². The van der Waals surface area contributed by atoms with Crippen molar-refractivity contribution in [1.29, 1.82) is 0 Å². The van der Waals surface area contributed by atoms with E-state index in [2.05, 4.69) is 15.5 Å². The Kier molecular flexibility index (Phi) is 3.97. The van der Waals surface area contributed by atoms with Gasteiger partial charge in [0, 0.05) is 0 Å². The van der Waals surface area contributed by atoms with Crippen molar-refractivity contribution in [2.24, 2.45) is 11.7 Å². The summed E-state index contributed by atoms with van der Waals surface area (Å²) < 4.78 is 0. The van der Waals surface area contributed by atoms with Gasteiger partial charge in [-0.3, -0.25) is 10.1 Å². The fourth-order valence-corrected chi connectivity index (χ4v) is 1.38. The molecule has 1 rings (SSSR count). The Morgan fingerprint density at radius 3 is 3.00 bits per heavy atom. The predicted molar refractivity (Wildman–Crippen MR) is 56.0 cm³/mol. The normalized spacial score (nSPS) is 14.8. The van der Waals surface area contributed by atoms with E-state index in [9.17, 15) is 4.79 Å². The number of hydrogen-bond donors (Lipinski definition) is 2. The minimum Gasteiger partial charge on any atom is -0.320 e. The van der Waals surface area contributed by atoms with Gasteiger partial charge in [-0.25, -0.2) is 0 Å². The second-order valence-electron chi connectivity index (χ2n) is 3.14. The summed E-state index contributed by atoms with van der Waals surface area (Å²) in [6, 6.07) is -0.483.